The first-order chi connectivity index (χ1) is 9.33. The summed E-state index contributed by atoms with van der Waals surface area (Å²) in [6.07, 6.45) is 5.27. The Morgan fingerprint density at radius 3 is 2.68 bits per heavy atom. The average Bonchev–Trinajstić information content (AvgIpc) is 2.94. The van der Waals surface area contributed by atoms with Gasteiger partial charge in [0.1, 0.15) is 0 Å². The highest BCUT2D eigenvalue weighted by Crippen LogP contribution is 2.28. The van der Waals surface area contributed by atoms with E-state index in [0.717, 1.165) is 17.1 Å². The Labute approximate surface area is 115 Å². The molecule has 1 fully saturated rings. The number of hydrogen-bond donors (Lipinski definition) is 1. The Morgan fingerprint density at radius 1 is 1.21 bits per heavy atom. The van der Waals surface area contributed by atoms with Gasteiger partial charge in [0, 0.05) is 6.54 Å². The number of nitrogens with one attached hydrogen (secondary N) is 1. The van der Waals surface area contributed by atoms with E-state index in [1.54, 1.807) is 7.11 Å². The molecule has 19 heavy (non-hydrogen) atoms. The number of methoxy groups -OCH3 is 1. The molecule has 1 aliphatic rings. The van der Waals surface area contributed by atoms with Crippen LogP contribution in [0.4, 0.5) is 0 Å². The van der Waals surface area contributed by atoms with E-state index < -0.39 is 0 Å². The molecule has 1 aromatic carbocycles. The third-order valence-electron chi connectivity index (χ3n) is 3.36. The van der Waals surface area contributed by atoms with Gasteiger partial charge < -0.3 is 9.47 Å². The van der Waals surface area contributed by atoms with Crippen LogP contribution >= 0.6 is 0 Å². The lowest BCUT2D eigenvalue weighted by atomic mass is 10.2. The molecule has 4 nitrogen and oxygen atoms in total. The van der Waals surface area contributed by atoms with Crippen molar-refractivity contribution in [3.63, 3.8) is 0 Å². The molecule has 106 valence electrons. The summed E-state index contributed by atoms with van der Waals surface area (Å²) >= 11 is 0. The summed E-state index contributed by atoms with van der Waals surface area (Å²) in [7, 11) is 1.66. The lowest BCUT2D eigenvalue weighted by molar-refractivity contribution is -0.0244. The second-order valence-corrected chi connectivity index (χ2v) is 4.76. The first kappa shape index (κ1) is 14.2. The zero-order valence-corrected chi connectivity index (χ0v) is 11.8. The molecule has 0 unspecified atom stereocenters. The van der Waals surface area contributed by atoms with Crippen molar-refractivity contribution in [1.29, 1.82) is 0 Å². The van der Waals surface area contributed by atoms with E-state index in [2.05, 4.69) is 5.48 Å². The maximum Gasteiger partial charge on any atom is 0.161 e. The van der Waals surface area contributed by atoms with Gasteiger partial charge in [-0.25, -0.2) is 0 Å². The lowest BCUT2D eigenvalue weighted by Gasteiger charge is -2.13. The number of ether oxygens (including phenoxy) is 2. The van der Waals surface area contributed by atoms with Crippen LogP contribution in [0.25, 0.3) is 0 Å². The van der Waals surface area contributed by atoms with Crippen LogP contribution in [0.1, 0.15) is 38.2 Å². The van der Waals surface area contributed by atoms with Gasteiger partial charge in [0.2, 0.25) is 0 Å². The SMILES string of the molecule is CCOc1ccc(CNOC2CCCC2)cc1OC. The molecule has 4 heteroatoms. The highest BCUT2D eigenvalue weighted by atomic mass is 16.7. The molecule has 0 heterocycles. The number of hydroxylamine groups is 1. The molecule has 0 spiro atoms. The Hall–Kier alpha value is -1.26. The van der Waals surface area contributed by atoms with Crippen molar-refractivity contribution < 1.29 is 14.3 Å². The molecule has 1 saturated carbocycles. The highest BCUT2D eigenvalue weighted by molar-refractivity contribution is 5.42. The normalized spacial score (nSPS) is 15.7. The molecule has 0 radical (unpaired) electrons. The van der Waals surface area contributed by atoms with Crippen LogP contribution in [-0.2, 0) is 11.4 Å². The van der Waals surface area contributed by atoms with Crippen molar-refractivity contribution in [2.45, 2.75) is 45.3 Å². The van der Waals surface area contributed by atoms with Crippen LogP contribution in [0, 0.1) is 0 Å². The molecule has 0 bridgehead atoms. The summed E-state index contributed by atoms with van der Waals surface area (Å²) in [5.74, 6) is 1.55. The molecule has 0 aromatic heterocycles. The summed E-state index contributed by atoms with van der Waals surface area (Å²) < 4.78 is 10.8. The summed E-state index contributed by atoms with van der Waals surface area (Å²) in [4.78, 5) is 5.64. The second-order valence-electron chi connectivity index (χ2n) is 4.76. The van der Waals surface area contributed by atoms with E-state index in [0.29, 0.717) is 19.3 Å². The largest absolute Gasteiger partial charge is 0.493 e. The van der Waals surface area contributed by atoms with Crippen molar-refractivity contribution in [3.05, 3.63) is 23.8 Å². The Balaban J connectivity index is 1.85. The van der Waals surface area contributed by atoms with Gasteiger partial charge in [0.25, 0.3) is 0 Å². The molecule has 1 aromatic rings. The quantitative estimate of drug-likeness (QED) is 0.769. The molecule has 1 aliphatic carbocycles. The van der Waals surface area contributed by atoms with Gasteiger partial charge in [0.05, 0.1) is 19.8 Å². The minimum atomic E-state index is 0.379. The lowest BCUT2D eigenvalue weighted by Crippen LogP contribution is -2.21. The first-order valence-corrected chi connectivity index (χ1v) is 7.01. The fraction of sp³-hybridized carbons (Fsp3) is 0.600. The minimum absolute atomic E-state index is 0.379. The van der Waals surface area contributed by atoms with Crippen LogP contribution in [0.3, 0.4) is 0 Å². The van der Waals surface area contributed by atoms with Crippen LogP contribution < -0.4 is 15.0 Å². The Bertz CT molecular complexity index is 389. The van der Waals surface area contributed by atoms with E-state index in [1.807, 2.05) is 25.1 Å². The molecule has 2 rings (SSSR count). The third kappa shape index (κ3) is 4.11. The second kappa shape index (κ2) is 7.36. The standard InChI is InChI=1S/C15H23NO3/c1-3-18-14-9-8-12(10-15(14)17-2)11-16-19-13-6-4-5-7-13/h8-10,13,16H,3-7,11H2,1-2H3. The zero-order chi connectivity index (χ0) is 13.5. The Morgan fingerprint density at radius 2 is 2.00 bits per heavy atom. The molecular weight excluding hydrogens is 242 g/mol. The fourth-order valence-electron chi connectivity index (χ4n) is 2.35. The van der Waals surface area contributed by atoms with Gasteiger partial charge in [-0.15, -0.1) is 0 Å². The topological polar surface area (TPSA) is 39.7 Å². The van der Waals surface area contributed by atoms with Crippen molar-refractivity contribution in [1.82, 2.24) is 5.48 Å². The monoisotopic (exact) mass is 265 g/mol. The van der Waals surface area contributed by atoms with Crippen molar-refractivity contribution in [2.24, 2.45) is 0 Å². The number of benzene rings is 1. The van der Waals surface area contributed by atoms with E-state index in [4.69, 9.17) is 14.3 Å². The minimum Gasteiger partial charge on any atom is -0.493 e. The predicted molar refractivity (Wildman–Crippen MR) is 74.3 cm³/mol. The van der Waals surface area contributed by atoms with E-state index in [1.165, 1.54) is 25.7 Å². The van der Waals surface area contributed by atoms with Crippen LogP contribution in [0.15, 0.2) is 18.2 Å². The van der Waals surface area contributed by atoms with Gasteiger partial charge in [-0.1, -0.05) is 18.9 Å². The van der Waals surface area contributed by atoms with Crippen LogP contribution in [0.2, 0.25) is 0 Å². The summed E-state index contributed by atoms with van der Waals surface area (Å²) in [6, 6.07) is 5.95. The van der Waals surface area contributed by atoms with Gasteiger partial charge in [-0.3, -0.25) is 4.84 Å². The summed E-state index contributed by atoms with van der Waals surface area (Å²) in [5.41, 5.74) is 4.17. The Kier molecular flexibility index (Phi) is 5.48. The van der Waals surface area contributed by atoms with Crippen molar-refractivity contribution in [3.8, 4) is 11.5 Å². The van der Waals surface area contributed by atoms with Gasteiger partial charge in [-0.2, -0.15) is 5.48 Å². The maximum absolute atomic E-state index is 5.64. The predicted octanol–water partition coefficient (Wildman–Crippen LogP) is 3.06. The zero-order valence-electron chi connectivity index (χ0n) is 11.8. The molecule has 1 N–H and O–H groups in total. The molecule has 0 amide bonds. The van der Waals surface area contributed by atoms with Gasteiger partial charge in [0.15, 0.2) is 11.5 Å². The van der Waals surface area contributed by atoms with Crippen LogP contribution in [0.5, 0.6) is 11.5 Å². The number of rotatable bonds is 7. The summed E-state index contributed by atoms with van der Waals surface area (Å²) in [6.45, 7) is 3.28. The number of hydrogen-bond acceptors (Lipinski definition) is 4. The maximum atomic E-state index is 5.64. The smallest absolute Gasteiger partial charge is 0.161 e. The molecule has 0 aliphatic heterocycles. The molecular formula is C15H23NO3. The van der Waals surface area contributed by atoms with Crippen molar-refractivity contribution >= 4 is 0 Å². The van der Waals surface area contributed by atoms with E-state index >= 15 is 0 Å². The average molecular weight is 265 g/mol. The van der Waals surface area contributed by atoms with Crippen LogP contribution in [-0.4, -0.2) is 19.8 Å². The molecule has 0 saturated heterocycles. The third-order valence-corrected chi connectivity index (χ3v) is 3.36. The molecule has 0 atom stereocenters. The van der Waals surface area contributed by atoms with E-state index in [-0.39, 0.29) is 0 Å². The first-order valence-electron chi connectivity index (χ1n) is 7.01. The highest BCUT2D eigenvalue weighted by Gasteiger charge is 2.15. The van der Waals surface area contributed by atoms with Crippen molar-refractivity contribution in [2.75, 3.05) is 13.7 Å². The van der Waals surface area contributed by atoms with E-state index in [9.17, 15) is 0 Å². The fourth-order valence-corrected chi connectivity index (χ4v) is 2.35. The van der Waals surface area contributed by atoms with Gasteiger partial charge >= 0.3 is 0 Å². The van der Waals surface area contributed by atoms with Gasteiger partial charge in [-0.05, 0) is 37.5 Å². The summed E-state index contributed by atoms with van der Waals surface area (Å²) in [5, 5.41) is 0.